The van der Waals surface area contributed by atoms with Gasteiger partial charge in [-0.3, -0.25) is 19.7 Å². The fourth-order valence-corrected chi connectivity index (χ4v) is 4.31. The van der Waals surface area contributed by atoms with Crippen LogP contribution in [-0.4, -0.2) is 39.6 Å². The summed E-state index contributed by atoms with van der Waals surface area (Å²) >= 11 is 0. The molecule has 2 aromatic carbocycles. The summed E-state index contributed by atoms with van der Waals surface area (Å²) in [7, 11) is 0. The van der Waals surface area contributed by atoms with Gasteiger partial charge in [0.05, 0.1) is 11.5 Å². The lowest BCUT2D eigenvalue weighted by molar-refractivity contribution is -0.385. The second-order valence-corrected chi connectivity index (χ2v) is 9.41. The van der Waals surface area contributed by atoms with Gasteiger partial charge in [-0.25, -0.2) is 0 Å². The second-order valence-electron chi connectivity index (χ2n) is 9.41. The zero-order valence-corrected chi connectivity index (χ0v) is 20.0. The molecule has 182 valence electrons. The van der Waals surface area contributed by atoms with Gasteiger partial charge in [-0.2, -0.15) is 0 Å². The summed E-state index contributed by atoms with van der Waals surface area (Å²) in [6.07, 6.45) is 3.28. The van der Waals surface area contributed by atoms with Crippen molar-refractivity contribution in [3.05, 3.63) is 69.8 Å². The average Bonchev–Trinajstić information content (AvgIpc) is 2.79. The van der Waals surface area contributed by atoms with Gasteiger partial charge in [-0.15, -0.1) is 0 Å². The van der Waals surface area contributed by atoms with Crippen molar-refractivity contribution in [3.63, 3.8) is 0 Å². The maximum atomic E-state index is 11.8. The molecule has 8 heteroatoms. The number of rotatable bonds is 5. The van der Waals surface area contributed by atoms with Gasteiger partial charge in [-0.1, -0.05) is 50.2 Å². The number of para-hydroxylation sites is 2. The van der Waals surface area contributed by atoms with E-state index >= 15 is 0 Å². The second kappa shape index (κ2) is 11.6. The lowest BCUT2D eigenvalue weighted by Crippen LogP contribution is -2.37. The number of nitro groups is 1. The molecule has 2 aliphatic heterocycles. The van der Waals surface area contributed by atoms with Crippen molar-refractivity contribution >= 4 is 23.2 Å². The number of hydrogen-bond donors (Lipinski definition) is 1. The molecule has 2 aliphatic rings. The largest absolute Gasteiger partial charge is 0.398 e. The van der Waals surface area contributed by atoms with Crippen LogP contribution in [0.1, 0.15) is 50.7 Å². The molecule has 0 saturated carbocycles. The van der Waals surface area contributed by atoms with Crippen LogP contribution in [0.15, 0.2) is 48.5 Å². The Morgan fingerprint density at radius 2 is 1.32 bits per heavy atom. The van der Waals surface area contributed by atoms with E-state index in [1.165, 1.54) is 6.07 Å². The van der Waals surface area contributed by atoms with Crippen molar-refractivity contribution in [1.29, 1.82) is 0 Å². The Kier molecular flexibility index (Phi) is 8.62. The van der Waals surface area contributed by atoms with Gasteiger partial charge in [0, 0.05) is 49.8 Å². The van der Waals surface area contributed by atoms with Crippen molar-refractivity contribution < 1.29 is 14.5 Å². The van der Waals surface area contributed by atoms with E-state index in [4.69, 9.17) is 5.73 Å². The van der Waals surface area contributed by atoms with Crippen LogP contribution in [0.5, 0.6) is 0 Å². The Balaban J connectivity index is 0.000000192. The molecular formula is C26H34N4O4. The van der Waals surface area contributed by atoms with Crippen LogP contribution in [0.4, 0.5) is 11.4 Å². The summed E-state index contributed by atoms with van der Waals surface area (Å²) in [5.41, 5.74) is 8.38. The Hall–Kier alpha value is -3.42. The van der Waals surface area contributed by atoms with Crippen LogP contribution in [0.25, 0.3) is 0 Å². The lowest BCUT2D eigenvalue weighted by atomic mass is 9.98. The molecule has 4 rings (SSSR count). The molecule has 2 atom stereocenters. The minimum absolute atomic E-state index is 0.0870. The van der Waals surface area contributed by atoms with E-state index in [0.717, 1.165) is 30.6 Å². The average molecular weight is 467 g/mol. The Labute approximate surface area is 200 Å². The summed E-state index contributed by atoms with van der Waals surface area (Å²) in [6.45, 7) is 6.72. The third-order valence-electron chi connectivity index (χ3n) is 6.50. The van der Waals surface area contributed by atoms with E-state index in [9.17, 15) is 19.7 Å². The fraction of sp³-hybridized carbons (Fsp3) is 0.462. The molecule has 0 aliphatic carbocycles. The Bertz CT molecular complexity index is 1030. The summed E-state index contributed by atoms with van der Waals surface area (Å²) in [5.74, 6) is 1.28. The maximum Gasteiger partial charge on any atom is 0.274 e. The van der Waals surface area contributed by atoms with Crippen molar-refractivity contribution in [2.75, 3.05) is 18.8 Å². The van der Waals surface area contributed by atoms with E-state index in [-0.39, 0.29) is 17.5 Å². The Morgan fingerprint density at radius 3 is 1.82 bits per heavy atom. The van der Waals surface area contributed by atoms with E-state index in [2.05, 4.69) is 13.8 Å². The molecular weight excluding hydrogens is 432 g/mol. The van der Waals surface area contributed by atoms with Crippen LogP contribution in [-0.2, 0) is 22.7 Å². The molecule has 2 amide bonds. The number of nitrogens with two attached hydrogens (primary N) is 1. The highest BCUT2D eigenvalue weighted by Gasteiger charge is 2.25. The first-order valence-electron chi connectivity index (χ1n) is 11.9. The smallest absolute Gasteiger partial charge is 0.274 e. The number of carbonyl (C=O) groups is 2. The highest BCUT2D eigenvalue weighted by atomic mass is 16.6. The summed E-state index contributed by atoms with van der Waals surface area (Å²) in [6, 6.07) is 14.3. The quantitative estimate of drug-likeness (QED) is 0.399. The number of carbonyl (C=O) groups excluding carboxylic acids is 2. The van der Waals surface area contributed by atoms with Crippen LogP contribution in [0.3, 0.4) is 0 Å². The molecule has 0 radical (unpaired) electrons. The molecule has 2 aromatic rings. The minimum atomic E-state index is -0.396. The van der Waals surface area contributed by atoms with Crippen LogP contribution in [0.2, 0.25) is 0 Å². The topological polar surface area (TPSA) is 110 Å². The van der Waals surface area contributed by atoms with Crippen LogP contribution < -0.4 is 5.73 Å². The first-order valence-corrected chi connectivity index (χ1v) is 11.9. The number of piperidine rings is 2. The predicted octanol–water partition coefficient (Wildman–Crippen LogP) is 4.38. The highest BCUT2D eigenvalue weighted by Crippen LogP contribution is 2.24. The summed E-state index contributed by atoms with van der Waals surface area (Å²) < 4.78 is 0. The first-order chi connectivity index (χ1) is 16.2. The fourth-order valence-electron chi connectivity index (χ4n) is 4.31. The van der Waals surface area contributed by atoms with E-state index in [1.807, 2.05) is 29.2 Å². The molecule has 34 heavy (non-hydrogen) atoms. The van der Waals surface area contributed by atoms with Crippen molar-refractivity contribution in [1.82, 2.24) is 9.80 Å². The Morgan fingerprint density at radius 1 is 0.853 bits per heavy atom. The number of anilines is 1. The number of nitro benzene ring substituents is 1. The van der Waals surface area contributed by atoms with E-state index in [1.54, 1.807) is 23.1 Å². The zero-order valence-electron chi connectivity index (χ0n) is 20.0. The number of nitrogens with zero attached hydrogens (tertiary/aromatic N) is 3. The van der Waals surface area contributed by atoms with E-state index < -0.39 is 4.92 Å². The lowest BCUT2D eigenvalue weighted by Gasteiger charge is -2.30. The molecule has 0 bridgehead atoms. The molecule has 0 aromatic heterocycles. The van der Waals surface area contributed by atoms with Crippen molar-refractivity contribution in [3.8, 4) is 0 Å². The number of hydrogen-bond acceptors (Lipinski definition) is 5. The molecule has 2 N–H and O–H groups in total. The van der Waals surface area contributed by atoms with Gasteiger partial charge in [0.15, 0.2) is 0 Å². The number of amides is 2. The van der Waals surface area contributed by atoms with Gasteiger partial charge in [-0.05, 0) is 36.3 Å². The number of benzene rings is 2. The van der Waals surface area contributed by atoms with Crippen LogP contribution in [0, 0.1) is 22.0 Å². The predicted molar refractivity (Wildman–Crippen MR) is 132 cm³/mol. The van der Waals surface area contributed by atoms with Gasteiger partial charge in [0.2, 0.25) is 11.8 Å². The molecule has 2 fully saturated rings. The normalized spacial score (nSPS) is 20.5. The van der Waals surface area contributed by atoms with E-state index in [0.29, 0.717) is 49.9 Å². The van der Waals surface area contributed by atoms with Crippen molar-refractivity contribution in [2.45, 2.75) is 52.6 Å². The zero-order chi connectivity index (χ0) is 24.7. The van der Waals surface area contributed by atoms with Crippen molar-refractivity contribution in [2.24, 2.45) is 11.8 Å². The third-order valence-corrected chi connectivity index (χ3v) is 6.50. The molecule has 8 nitrogen and oxygen atoms in total. The van der Waals surface area contributed by atoms with Gasteiger partial charge in [0.25, 0.3) is 5.69 Å². The highest BCUT2D eigenvalue weighted by molar-refractivity contribution is 5.77. The number of nitrogen functional groups attached to an aromatic ring is 1. The SMILES string of the molecule is CC1CCN(Cc2ccccc2N)C(=O)C1.CC1CCN(Cc2ccccc2[N+](=O)[O-])C(=O)C1. The molecule has 2 saturated heterocycles. The van der Waals surface area contributed by atoms with Gasteiger partial charge in [0.1, 0.15) is 0 Å². The van der Waals surface area contributed by atoms with Gasteiger partial charge < -0.3 is 15.5 Å². The first kappa shape index (κ1) is 25.2. The summed E-state index contributed by atoms with van der Waals surface area (Å²) in [5, 5.41) is 10.9. The monoisotopic (exact) mass is 466 g/mol. The number of likely N-dealkylation sites (tertiary alicyclic amines) is 2. The van der Waals surface area contributed by atoms with Gasteiger partial charge >= 0.3 is 0 Å². The minimum Gasteiger partial charge on any atom is -0.398 e. The maximum absolute atomic E-state index is 11.8. The molecule has 2 unspecified atom stereocenters. The third kappa shape index (κ3) is 6.79. The molecule has 0 spiro atoms. The standard InChI is InChI=1S/C13H16N2O3.C13H18N2O/c1-10-6-7-14(13(16)8-10)9-11-4-2-3-5-12(11)15(17)18;1-10-6-7-15(13(16)8-10)9-11-4-2-3-5-12(11)14/h2-5,10H,6-9H2,1H3;2-5,10H,6-9,14H2,1H3. The summed E-state index contributed by atoms with van der Waals surface area (Å²) in [4.78, 5) is 37.8. The molecule has 2 heterocycles. The van der Waals surface area contributed by atoms with Crippen LogP contribution >= 0.6 is 0 Å².